The van der Waals surface area contributed by atoms with Crippen LogP contribution in [0.3, 0.4) is 0 Å². The Morgan fingerprint density at radius 1 is 1.00 bits per heavy atom. The van der Waals surface area contributed by atoms with Gasteiger partial charge in [0.25, 0.3) is 0 Å². The second kappa shape index (κ2) is 7.34. The van der Waals surface area contributed by atoms with E-state index in [0.717, 1.165) is 37.8 Å². The summed E-state index contributed by atoms with van der Waals surface area (Å²) in [7, 11) is 0. The van der Waals surface area contributed by atoms with Gasteiger partial charge in [-0.2, -0.15) is 5.10 Å². The molecule has 0 radical (unpaired) electrons. The molecule has 0 aliphatic carbocycles. The number of nitrogens with one attached hydrogen (secondary N) is 1. The van der Waals surface area contributed by atoms with Crippen molar-refractivity contribution < 1.29 is 0 Å². The van der Waals surface area contributed by atoms with Gasteiger partial charge in [0, 0.05) is 38.1 Å². The molecule has 2 aromatic heterocycles. The van der Waals surface area contributed by atoms with Crippen molar-refractivity contribution in [3.05, 3.63) is 66.2 Å². The van der Waals surface area contributed by atoms with Crippen molar-refractivity contribution in [1.29, 1.82) is 0 Å². The first-order chi connectivity index (χ1) is 12.4. The molecule has 1 fully saturated rings. The van der Waals surface area contributed by atoms with Crippen molar-refractivity contribution in [3.8, 4) is 0 Å². The second-order valence-corrected chi connectivity index (χ2v) is 6.33. The Labute approximate surface area is 147 Å². The Bertz CT molecular complexity index is 808. The van der Waals surface area contributed by atoms with Gasteiger partial charge in [0.05, 0.1) is 6.54 Å². The fourth-order valence-electron chi connectivity index (χ4n) is 3.17. The summed E-state index contributed by atoms with van der Waals surface area (Å²) in [6.07, 6.45) is 7.92. The fraction of sp³-hybridized carbons (Fsp3) is 0.316. The first kappa shape index (κ1) is 15.6. The summed E-state index contributed by atoms with van der Waals surface area (Å²) in [5.74, 6) is 1.89. The van der Waals surface area contributed by atoms with Gasteiger partial charge in [-0.3, -0.25) is 4.68 Å². The van der Waals surface area contributed by atoms with Gasteiger partial charge in [-0.05, 0) is 30.0 Å². The Morgan fingerprint density at radius 3 is 2.72 bits per heavy atom. The number of aromatic nitrogens is 4. The van der Waals surface area contributed by atoms with E-state index in [2.05, 4.69) is 49.5 Å². The first-order valence-electron chi connectivity index (χ1n) is 8.73. The van der Waals surface area contributed by atoms with Crippen molar-refractivity contribution >= 4 is 11.6 Å². The van der Waals surface area contributed by atoms with Crippen LogP contribution in [0.2, 0.25) is 0 Å². The molecular weight excluding hydrogens is 312 g/mol. The highest BCUT2D eigenvalue weighted by molar-refractivity contribution is 5.49. The number of benzene rings is 1. The highest BCUT2D eigenvalue weighted by atomic mass is 15.3. The molecular formula is C19H22N6. The van der Waals surface area contributed by atoms with Crippen LogP contribution in [0.5, 0.6) is 0 Å². The number of rotatable bonds is 6. The van der Waals surface area contributed by atoms with Crippen molar-refractivity contribution in [2.24, 2.45) is 0 Å². The topological polar surface area (TPSA) is 58.9 Å². The monoisotopic (exact) mass is 334 g/mol. The molecule has 1 N–H and O–H groups in total. The molecule has 4 rings (SSSR count). The molecule has 0 atom stereocenters. The summed E-state index contributed by atoms with van der Waals surface area (Å²) in [6.45, 7) is 3.70. The smallest absolute Gasteiger partial charge is 0.134 e. The van der Waals surface area contributed by atoms with Gasteiger partial charge in [0.1, 0.15) is 18.0 Å². The van der Waals surface area contributed by atoms with E-state index in [-0.39, 0.29) is 0 Å². The molecule has 1 saturated heterocycles. The normalized spacial score (nSPS) is 14.0. The fourth-order valence-corrected chi connectivity index (χ4v) is 3.17. The van der Waals surface area contributed by atoms with Crippen molar-refractivity contribution in [2.45, 2.75) is 25.9 Å². The van der Waals surface area contributed by atoms with Crippen LogP contribution in [0.15, 0.2) is 55.1 Å². The third-order valence-corrected chi connectivity index (χ3v) is 4.45. The largest absolute Gasteiger partial charge is 0.366 e. The Balaban J connectivity index is 1.40. The lowest BCUT2D eigenvalue weighted by Crippen LogP contribution is -2.19. The van der Waals surface area contributed by atoms with E-state index < -0.39 is 0 Å². The van der Waals surface area contributed by atoms with Crippen molar-refractivity contribution in [3.63, 3.8) is 0 Å². The van der Waals surface area contributed by atoms with E-state index in [1.807, 2.05) is 23.0 Å². The lowest BCUT2D eigenvalue weighted by molar-refractivity contribution is 0.686. The number of anilines is 2. The minimum absolute atomic E-state index is 0.739. The van der Waals surface area contributed by atoms with Gasteiger partial charge in [-0.1, -0.05) is 24.3 Å². The Hall–Kier alpha value is -2.89. The zero-order valence-corrected chi connectivity index (χ0v) is 14.2. The molecule has 1 aliphatic heterocycles. The molecule has 3 aromatic rings. The van der Waals surface area contributed by atoms with Crippen molar-refractivity contribution in [1.82, 2.24) is 19.7 Å². The summed E-state index contributed by atoms with van der Waals surface area (Å²) >= 11 is 0. The highest BCUT2D eigenvalue weighted by Crippen LogP contribution is 2.19. The maximum Gasteiger partial charge on any atom is 0.134 e. The molecule has 0 saturated carbocycles. The summed E-state index contributed by atoms with van der Waals surface area (Å²) in [6, 6.07) is 12.5. The third kappa shape index (κ3) is 3.96. The summed E-state index contributed by atoms with van der Waals surface area (Å²) < 4.78 is 1.93. The van der Waals surface area contributed by atoms with Crippen LogP contribution in [-0.2, 0) is 13.1 Å². The van der Waals surface area contributed by atoms with Crippen LogP contribution < -0.4 is 10.2 Å². The SMILES string of the molecule is c1cc(CNc2cc(N3CCCC3)ncn2)cc(Cn2cccn2)c1. The molecule has 0 spiro atoms. The summed E-state index contributed by atoms with van der Waals surface area (Å²) in [4.78, 5) is 11.1. The Kier molecular flexibility index (Phi) is 4.59. The van der Waals surface area contributed by atoms with E-state index >= 15 is 0 Å². The number of hydrogen-bond donors (Lipinski definition) is 1. The summed E-state index contributed by atoms with van der Waals surface area (Å²) in [5, 5.41) is 7.67. The average Bonchev–Trinajstić information content (AvgIpc) is 3.35. The first-order valence-corrected chi connectivity index (χ1v) is 8.73. The molecule has 1 aliphatic rings. The van der Waals surface area contributed by atoms with E-state index in [4.69, 9.17) is 0 Å². The molecule has 6 nitrogen and oxygen atoms in total. The lowest BCUT2D eigenvalue weighted by atomic mass is 10.1. The molecule has 0 unspecified atom stereocenters. The molecule has 1 aromatic carbocycles. The van der Waals surface area contributed by atoms with Gasteiger partial charge in [-0.15, -0.1) is 0 Å². The summed E-state index contributed by atoms with van der Waals surface area (Å²) in [5.41, 5.74) is 2.47. The predicted molar refractivity (Wildman–Crippen MR) is 98.6 cm³/mol. The molecule has 25 heavy (non-hydrogen) atoms. The minimum atomic E-state index is 0.739. The van der Waals surface area contributed by atoms with Gasteiger partial charge in [0.15, 0.2) is 0 Å². The van der Waals surface area contributed by atoms with E-state index in [0.29, 0.717) is 0 Å². The number of nitrogens with zero attached hydrogens (tertiary/aromatic N) is 5. The van der Waals surface area contributed by atoms with E-state index in [1.165, 1.54) is 24.0 Å². The van der Waals surface area contributed by atoms with Crippen LogP contribution in [0, 0.1) is 0 Å². The molecule has 0 bridgehead atoms. The quantitative estimate of drug-likeness (QED) is 0.751. The molecule has 6 heteroatoms. The van der Waals surface area contributed by atoms with Crippen LogP contribution in [-0.4, -0.2) is 32.8 Å². The van der Waals surface area contributed by atoms with Gasteiger partial charge >= 0.3 is 0 Å². The zero-order valence-electron chi connectivity index (χ0n) is 14.2. The van der Waals surface area contributed by atoms with Crippen molar-refractivity contribution in [2.75, 3.05) is 23.3 Å². The van der Waals surface area contributed by atoms with Gasteiger partial charge in [0.2, 0.25) is 0 Å². The highest BCUT2D eigenvalue weighted by Gasteiger charge is 2.13. The lowest BCUT2D eigenvalue weighted by Gasteiger charge is -2.16. The maximum absolute atomic E-state index is 4.40. The van der Waals surface area contributed by atoms with E-state index in [1.54, 1.807) is 12.5 Å². The van der Waals surface area contributed by atoms with E-state index in [9.17, 15) is 0 Å². The second-order valence-electron chi connectivity index (χ2n) is 6.33. The third-order valence-electron chi connectivity index (χ3n) is 4.45. The maximum atomic E-state index is 4.40. The van der Waals surface area contributed by atoms with Crippen LogP contribution >= 0.6 is 0 Å². The molecule has 3 heterocycles. The number of hydrogen-bond acceptors (Lipinski definition) is 5. The standard InChI is InChI=1S/C19H22N6/c1-2-9-24(8-1)19-12-18(21-15-22-19)20-13-16-5-3-6-17(11-16)14-25-10-4-7-23-25/h3-7,10-12,15H,1-2,8-9,13-14H2,(H,20,21,22). The van der Waals surface area contributed by atoms with Gasteiger partial charge in [-0.25, -0.2) is 9.97 Å². The van der Waals surface area contributed by atoms with Crippen LogP contribution in [0.25, 0.3) is 0 Å². The zero-order chi connectivity index (χ0) is 16.9. The molecule has 0 amide bonds. The van der Waals surface area contributed by atoms with Crippen LogP contribution in [0.1, 0.15) is 24.0 Å². The molecule has 128 valence electrons. The van der Waals surface area contributed by atoms with Gasteiger partial charge < -0.3 is 10.2 Å². The average molecular weight is 334 g/mol. The Morgan fingerprint density at radius 2 is 1.88 bits per heavy atom. The van der Waals surface area contributed by atoms with Crippen LogP contribution in [0.4, 0.5) is 11.6 Å². The predicted octanol–water partition coefficient (Wildman–Crippen LogP) is 2.93. The minimum Gasteiger partial charge on any atom is -0.366 e.